The van der Waals surface area contributed by atoms with Crippen molar-refractivity contribution < 1.29 is 13.9 Å². The molecule has 0 radical (unpaired) electrons. The van der Waals surface area contributed by atoms with Crippen molar-refractivity contribution >= 4 is 40.1 Å². The second-order valence-electron chi connectivity index (χ2n) is 5.75. The van der Waals surface area contributed by atoms with Gasteiger partial charge in [-0.2, -0.15) is 0 Å². The Balaban J connectivity index is 1.72. The zero-order chi connectivity index (χ0) is 18.0. The van der Waals surface area contributed by atoms with Gasteiger partial charge in [0.1, 0.15) is 11.3 Å². The van der Waals surface area contributed by atoms with Crippen LogP contribution in [0.3, 0.4) is 0 Å². The number of furan rings is 1. The smallest absolute Gasteiger partial charge is 0.225 e. The molecule has 1 atom stereocenters. The molecule has 130 valence electrons. The van der Waals surface area contributed by atoms with Crippen molar-refractivity contribution in [2.24, 2.45) is 0 Å². The number of benzene rings is 2. The van der Waals surface area contributed by atoms with Crippen molar-refractivity contribution in [3.63, 3.8) is 0 Å². The number of amides is 1. The predicted molar refractivity (Wildman–Crippen MR) is 99.5 cm³/mol. The lowest BCUT2D eigenvalue weighted by atomic mass is 10.1. The highest BCUT2D eigenvalue weighted by atomic mass is 35.5. The van der Waals surface area contributed by atoms with Crippen LogP contribution in [0.5, 0.6) is 5.75 Å². The van der Waals surface area contributed by atoms with Gasteiger partial charge in [-0.3, -0.25) is 4.79 Å². The largest absolute Gasteiger partial charge is 0.497 e. The highest BCUT2D eigenvalue weighted by molar-refractivity contribution is 6.35. The van der Waals surface area contributed by atoms with E-state index in [1.807, 2.05) is 25.1 Å². The fourth-order valence-electron chi connectivity index (χ4n) is 2.72. The zero-order valence-electron chi connectivity index (χ0n) is 13.8. The number of carbonyl (C=O) groups excluding carboxylic acids is 1. The first-order valence-electron chi connectivity index (χ1n) is 7.76. The number of hydrogen-bond donors (Lipinski definition) is 1. The van der Waals surface area contributed by atoms with Gasteiger partial charge in [-0.1, -0.05) is 29.3 Å². The van der Waals surface area contributed by atoms with E-state index >= 15 is 0 Å². The van der Waals surface area contributed by atoms with Crippen LogP contribution in [0.15, 0.2) is 47.1 Å². The number of methoxy groups -OCH3 is 1. The molecule has 1 N–H and O–H groups in total. The minimum Gasteiger partial charge on any atom is -0.497 e. The molecule has 0 bridgehead atoms. The van der Waals surface area contributed by atoms with Crippen LogP contribution >= 0.6 is 23.2 Å². The standard InChI is InChI=1S/C19H17Cl2NO3/c1-11(15-5-3-13(20)8-17(15)21)22-19(23)7-12-10-25-18-9-14(24-2)4-6-16(12)18/h3-6,8-11H,7H2,1-2H3,(H,22,23)/t11-/m1/s1. The van der Waals surface area contributed by atoms with Crippen LogP contribution in [-0.4, -0.2) is 13.0 Å². The van der Waals surface area contributed by atoms with Crippen LogP contribution in [0.1, 0.15) is 24.1 Å². The number of ether oxygens (including phenoxy) is 1. The molecule has 0 aliphatic carbocycles. The van der Waals surface area contributed by atoms with Crippen molar-refractivity contribution in [1.82, 2.24) is 5.32 Å². The Morgan fingerprint density at radius 2 is 2.04 bits per heavy atom. The Labute approximate surface area is 155 Å². The summed E-state index contributed by atoms with van der Waals surface area (Å²) in [6.45, 7) is 1.88. The topological polar surface area (TPSA) is 51.5 Å². The lowest BCUT2D eigenvalue weighted by Crippen LogP contribution is -2.28. The van der Waals surface area contributed by atoms with E-state index in [-0.39, 0.29) is 18.4 Å². The predicted octanol–water partition coefficient (Wildman–Crippen LogP) is 5.17. The minimum absolute atomic E-state index is 0.114. The highest BCUT2D eigenvalue weighted by Gasteiger charge is 2.15. The molecule has 6 heteroatoms. The Hall–Kier alpha value is -2.17. The van der Waals surface area contributed by atoms with E-state index < -0.39 is 0 Å². The number of carbonyl (C=O) groups is 1. The molecule has 3 aromatic rings. The molecule has 0 aliphatic heterocycles. The molecule has 0 saturated heterocycles. The van der Waals surface area contributed by atoms with Gasteiger partial charge in [-0.15, -0.1) is 0 Å². The third-order valence-corrected chi connectivity index (χ3v) is 4.58. The van der Waals surface area contributed by atoms with E-state index in [9.17, 15) is 4.79 Å². The van der Waals surface area contributed by atoms with Crippen LogP contribution in [0.2, 0.25) is 10.0 Å². The van der Waals surface area contributed by atoms with E-state index in [4.69, 9.17) is 32.4 Å². The van der Waals surface area contributed by atoms with Gasteiger partial charge < -0.3 is 14.5 Å². The summed E-state index contributed by atoms with van der Waals surface area (Å²) in [5.41, 5.74) is 2.33. The van der Waals surface area contributed by atoms with Crippen molar-refractivity contribution in [1.29, 1.82) is 0 Å². The fraction of sp³-hybridized carbons (Fsp3) is 0.211. The Kier molecular flexibility index (Phi) is 5.21. The monoisotopic (exact) mass is 377 g/mol. The highest BCUT2D eigenvalue weighted by Crippen LogP contribution is 2.28. The van der Waals surface area contributed by atoms with Gasteiger partial charge in [0.15, 0.2) is 0 Å². The molecule has 4 nitrogen and oxygen atoms in total. The molecule has 0 unspecified atom stereocenters. The third kappa shape index (κ3) is 3.91. The summed E-state index contributed by atoms with van der Waals surface area (Å²) < 4.78 is 10.7. The summed E-state index contributed by atoms with van der Waals surface area (Å²) in [7, 11) is 1.60. The third-order valence-electron chi connectivity index (χ3n) is 4.02. The van der Waals surface area contributed by atoms with Gasteiger partial charge in [-0.05, 0) is 36.8 Å². The molecule has 0 saturated carbocycles. The van der Waals surface area contributed by atoms with Crippen LogP contribution < -0.4 is 10.1 Å². The lowest BCUT2D eigenvalue weighted by Gasteiger charge is -2.15. The Morgan fingerprint density at radius 3 is 2.76 bits per heavy atom. The molecule has 0 aliphatic rings. The molecular weight excluding hydrogens is 361 g/mol. The zero-order valence-corrected chi connectivity index (χ0v) is 15.3. The summed E-state index contributed by atoms with van der Waals surface area (Å²) in [5.74, 6) is 0.598. The van der Waals surface area contributed by atoms with Crippen LogP contribution in [-0.2, 0) is 11.2 Å². The summed E-state index contributed by atoms with van der Waals surface area (Å²) >= 11 is 12.1. The first-order chi connectivity index (χ1) is 12.0. The quantitative estimate of drug-likeness (QED) is 0.667. The van der Waals surface area contributed by atoms with Crippen LogP contribution in [0, 0.1) is 0 Å². The number of nitrogens with one attached hydrogen (secondary N) is 1. The Bertz CT molecular complexity index is 920. The van der Waals surface area contributed by atoms with Gasteiger partial charge in [0, 0.05) is 27.1 Å². The maximum Gasteiger partial charge on any atom is 0.225 e. The second kappa shape index (κ2) is 7.38. The van der Waals surface area contributed by atoms with Crippen molar-refractivity contribution in [3.8, 4) is 5.75 Å². The first kappa shape index (κ1) is 17.6. The number of hydrogen-bond acceptors (Lipinski definition) is 3. The van der Waals surface area contributed by atoms with Crippen molar-refractivity contribution in [2.45, 2.75) is 19.4 Å². The summed E-state index contributed by atoms with van der Waals surface area (Å²) in [6.07, 6.45) is 1.82. The average Bonchev–Trinajstić information content (AvgIpc) is 2.96. The Morgan fingerprint density at radius 1 is 1.24 bits per heavy atom. The number of rotatable bonds is 5. The molecule has 1 amide bonds. The molecular formula is C19H17Cl2NO3. The van der Waals surface area contributed by atoms with Gasteiger partial charge in [-0.25, -0.2) is 0 Å². The van der Waals surface area contributed by atoms with Gasteiger partial charge in [0.25, 0.3) is 0 Å². The molecule has 2 aromatic carbocycles. The van der Waals surface area contributed by atoms with E-state index in [0.29, 0.717) is 21.4 Å². The van der Waals surface area contributed by atoms with E-state index in [1.54, 1.807) is 31.6 Å². The first-order valence-corrected chi connectivity index (χ1v) is 8.52. The SMILES string of the molecule is COc1ccc2c(CC(=O)N[C@H](C)c3ccc(Cl)cc3Cl)coc2c1. The maximum atomic E-state index is 12.4. The molecule has 0 spiro atoms. The molecule has 3 rings (SSSR count). The van der Waals surface area contributed by atoms with Crippen LogP contribution in [0.25, 0.3) is 11.0 Å². The average molecular weight is 378 g/mol. The lowest BCUT2D eigenvalue weighted by molar-refractivity contribution is -0.121. The van der Waals surface area contributed by atoms with Gasteiger partial charge in [0.05, 0.1) is 25.8 Å². The maximum absolute atomic E-state index is 12.4. The molecule has 1 heterocycles. The van der Waals surface area contributed by atoms with Crippen molar-refractivity contribution in [3.05, 3.63) is 63.8 Å². The second-order valence-corrected chi connectivity index (χ2v) is 6.60. The summed E-state index contributed by atoms with van der Waals surface area (Å²) in [5, 5.41) is 4.94. The van der Waals surface area contributed by atoms with Crippen molar-refractivity contribution in [2.75, 3.05) is 7.11 Å². The molecule has 1 aromatic heterocycles. The van der Waals surface area contributed by atoms with E-state index in [2.05, 4.69) is 5.32 Å². The van der Waals surface area contributed by atoms with E-state index in [0.717, 1.165) is 16.5 Å². The fourth-order valence-corrected chi connectivity index (χ4v) is 3.30. The van der Waals surface area contributed by atoms with Gasteiger partial charge >= 0.3 is 0 Å². The minimum atomic E-state index is -0.226. The van der Waals surface area contributed by atoms with Crippen LogP contribution in [0.4, 0.5) is 0 Å². The molecule has 25 heavy (non-hydrogen) atoms. The normalized spacial score (nSPS) is 12.2. The number of halogens is 2. The van der Waals surface area contributed by atoms with E-state index in [1.165, 1.54) is 0 Å². The van der Waals surface area contributed by atoms with Gasteiger partial charge in [0.2, 0.25) is 5.91 Å². The molecule has 0 fully saturated rings. The summed E-state index contributed by atoms with van der Waals surface area (Å²) in [4.78, 5) is 12.4. The summed E-state index contributed by atoms with van der Waals surface area (Å²) in [6, 6.07) is 10.5. The number of fused-ring (bicyclic) bond motifs is 1.